The summed E-state index contributed by atoms with van der Waals surface area (Å²) in [6.07, 6.45) is 1.96. The van der Waals surface area contributed by atoms with Gasteiger partial charge in [-0.3, -0.25) is 9.59 Å². The minimum atomic E-state index is -0.336. The minimum absolute atomic E-state index is 0.0480. The quantitative estimate of drug-likeness (QED) is 0.410. The molecule has 2 bridgehead atoms. The van der Waals surface area contributed by atoms with E-state index < -0.39 is 0 Å². The van der Waals surface area contributed by atoms with E-state index in [0.29, 0.717) is 0 Å². The van der Waals surface area contributed by atoms with Gasteiger partial charge in [0.1, 0.15) is 0 Å². The van der Waals surface area contributed by atoms with Crippen LogP contribution in [0.3, 0.4) is 0 Å². The monoisotopic (exact) mass is 181 g/mol. The first kappa shape index (κ1) is 7.50. The summed E-state index contributed by atoms with van der Waals surface area (Å²) in [6, 6.07) is 0.0480. The van der Waals surface area contributed by atoms with Crippen molar-refractivity contribution in [1.82, 2.24) is 0 Å². The van der Waals surface area contributed by atoms with Gasteiger partial charge < -0.3 is 10.5 Å². The van der Waals surface area contributed by atoms with Crippen LogP contribution in [0.2, 0.25) is 0 Å². The zero-order valence-electron chi connectivity index (χ0n) is 7.10. The van der Waals surface area contributed by atoms with E-state index in [4.69, 9.17) is 5.73 Å². The van der Waals surface area contributed by atoms with Crippen molar-refractivity contribution in [2.45, 2.75) is 18.9 Å². The van der Waals surface area contributed by atoms with Crippen molar-refractivity contribution in [2.24, 2.45) is 29.4 Å². The zero-order chi connectivity index (χ0) is 9.16. The van der Waals surface area contributed by atoms with Crippen LogP contribution in [0, 0.1) is 23.7 Å². The van der Waals surface area contributed by atoms with Crippen LogP contribution in [0.25, 0.3) is 0 Å². The highest BCUT2D eigenvalue weighted by Gasteiger charge is 2.63. The molecule has 2 saturated carbocycles. The van der Waals surface area contributed by atoms with Gasteiger partial charge in [0, 0.05) is 6.04 Å². The second-order valence-corrected chi connectivity index (χ2v) is 4.27. The average Bonchev–Trinajstić information content (AvgIpc) is 2.67. The van der Waals surface area contributed by atoms with Crippen LogP contribution >= 0.6 is 0 Å². The van der Waals surface area contributed by atoms with Gasteiger partial charge in [-0.25, -0.2) is 0 Å². The molecular weight excluding hydrogens is 170 g/mol. The van der Waals surface area contributed by atoms with Gasteiger partial charge in [0.2, 0.25) is 0 Å². The van der Waals surface area contributed by atoms with Gasteiger partial charge in [-0.15, -0.1) is 0 Å². The lowest BCUT2D eigenvalue weighted by Gasteiger charge is -2.17. The van der Waals surface area contributed by atoms with Crippen molar-refractivity contribution >= 4 is 11.9 Å². The number of cyclic esters (lactones) is 2. The molecular formula is C9H11NO3. The van der Waals surface area contributed by atoms with Crippen LogP contribution in [0.5, 0.6) is 0 Å². The summed E-state index contributed by atoms with van der Waals surface area (Å²) >= 11 is 0. The maximum Gasteiger partial charge on any atom is 0.317 e. The Morgan fingerprint density at radius 1 is 1.08 bits per heavy atom. The van der Waals surface area contributed by atoms with Crippen molar-refractivity contribution in [3.63, 3.8) is 0 Å². The lowest BCUT2D eigenvalue weighted by atomic mass is 9.81. The van der Waals surface area contributed by atoms with Gasteiger partial charge in [0.25, 0.3) is 0 Å². The first-order chi connectivity index (χ1) is 6.20. The molecule has 4 heteroatoms. The fraction of sp³-hybridized carbons (Fsp3) is 0.778. The fourth-order valence-electron chi connectivity index (χ4n) is 3.34. The molecule has 13 heavy (non-hydrogen) atoms. The summed E-state index contributed by atoms with van der Waals surface area (Å²) in [5.41, 5.74) is 5.94. The molecule has 0 amide bonds. The third-order valence-corrected chi connectivity index (χ3v) is 3.88. The van der Waals surface area contributed by atoms with Gasteiger partial charge in [0.15, 0.2) is 0 Å². The van der Waals surface area contributed by atoms with Crippen LogP contribution in [-0.4, -0.2) is 18.0 Å². The van der Waals surface area contributed by atoms with Crippen molar-refractivity contribution < 1.29 is 14.3 Å². The number of hydrogen-bond donors (Lipinski definition) is 1. The first-order valence-electron chi connectivity index (χ1n) is 4.71. The number of carbonyl (C=O) groups is 2. The lowest BCUT2D eigenvalue weighted by molar-refractivity contribution is -0.154. The summed E-state index contributed by atoms with van der Waals surface area (Å²) in [4.78, 5) is 22.6. The van der Waals surface area contributed by atoms with Gasteiger partial charge >= 0.3 is 11.9 Å². The molecule has 2 aliphatic carbocycles. The predicted octanol–water partition coefficient (Wildman–Crippen LogP) is -0.331. The average molecular weight is 181 g/mol. The number of ether oxygens (including phenoxy) is 1. The molecule has 4 unspecified atom stereocenters. The van der Waals surface area contributed by atoms with Crippen molar-refractivity contribution in [1.29, 1.82) is 0 Å². The van der Waals surface area contributed by atoms with E-state index in [-0.39, 0.29) is 41.7 Å². The molecule has 0 aromatic heterocycles. The molecule has 0 spiro atoms. The molecule has 3 aliphatic rings. The second-order valence-electron chi connectivity index (χ2n) is 4.27. The Kier molecular flexibility index (Phi) is 1.22. The summed E-state index contributed by atoms with van der Waals surface area (Å²) < 4.78 is 4.62. The van der Waals surface area contributed by atoms with Crippen LogP contribution in [-0.2, 0) is 14.3 Å². The Bertz CT molecular complexity index is 273. The van der Waals surface area contributed by atoms with E-state index in [2.05, 4.69) is 4.74 Å². The van der Waals surface area contributed by atoms with Crippen molar-refractivity contribution in [3.8, 4) is 0 Å². The van der Waals surface area contributed by atoms with Crippen molar-refractivity contribution in [3.05, 3.63) is 0 Å². The molecule has 3 rings (SSSR count). The maximum atomic E-state index is 11.3. The van der Waals surface area contributed by atoms with Gasteiger partial charge in [-0.2, -0.15) is 0 Å². The van der Waals surface area contributed by atoms with Crippen LogP contribution in [0.15, 0.2) is 0 Å². The maximum absolute atomic E-state index is 11.3. The molecule has 70 valence electrons. The van der Waals surface area contributed by atoms with Crippen LogP contribution in [0.4, 0.5) is 0 Å². The highest BCUT2D eigenvalue weighted by atomic mass is 16.6. The standard InChI is InChI=1S/C9H11NO3/c10-7-3-1-2-4(7)6-5(3)8(11)13-9(6)12/h3-7H,1-2,10H2. The molecule has 4 nitrogen and oxygen atoms in total. The summed E-state index contributed by atoms with van der Waals surface area (Å²) in [7, 11) is 0. The smallest absolute Gasteiger partial charge is 0.317 e. The summed E-state index contributed by atoms with van der Waals surface area (Å²) in [6.45, 7) is 0. The topological polar surface area (TPSA) is 69.4 Å². The predicted molar refractivity (Wildman–Crippen MR) is 42.3 cm³/mol. The van der Waals surface area contributed by atoms with E-state index in [1.54, 1.807) is 0 Å². The third kappa shape index (κ3) is 0.705. The molecule has 3 fully saturated rings. The molecule has 1 saturated heterocycles. The van der Waals surface area contributed by atoms with Gasteiger partial charge in [-0.1, -0.05) is 0 Å². The normalized spacial score (nSPS) is 52.5. The number of rotatable bonds is 0. The molecule has 1 aliphatic heterocycles. The highest BCUT2D eigenvalue weighted by molar-refractivity contribution is 5.97. The van der Waals surface area contributed by atoms with E-state index in [9.17, 15) is 9.59 Å². The molecule has 2 N–H and O–H groups in total. The fourth-order valence-corrected chi connectivity index (χ4v) is 3.34. The molecule has 0 aromatic carbocycles. The Labute approximate surface area is 75.4 Å². The number of nitrogens with two attached hydrogens (primary N) is 1. The molecule has 0 aromatic rings. The van der Waals surface area contributed by atoms with Crippen LogP contribution in [0.1, 0.15) is 12.8 Å². The van der Waals surface area contributed by atoms with E-state index in [1.807, 2.05) is 0 Å². The lowest BCUT2D eigenvalue weighted by Crippen LogP contribution is -2.29. The molecule has 4 atom stereocenters. The first-order valence-corrected chi connectivity index (χ1v) is 4.71. The summed E-state index contributed by atoms with van der Waals surface area (Å²) in [5.74, 6) is -0.680. The molecule has 0 radical (unpaired) electrons. The van der Waals surface area contributed by atoms with Gasteiger partial charge in [0.05, 0.1) is 11.8 Å². The van der Waals surface area contributed by atoms with Gasteiger partial charge in [-0.05, 0) is 24.7 Å². The Morgan fingerprint density at radius 3 is 2.00 bits per heavy atom. The Morgan fingerprint density at radius 2 is 1.54 bits per heavy atom. The van der Waals surface area contributed by atoms with Crippen molar-refractivity contribution in [2.75, 3.05) is 0 Å². The Hall–Kier alpha value is -0.900. The molecule has 1 heterocycles. The third-order valence-electron chi connectivity index (χ3n) is 3.88. The minimum Gasteiger partial charge on any atom is -0.393 e. The second kappa shape index (κ2) is 2.12. The zero-order valence-corrected chi connectivity index (χ0v) is 7.10. The van der Waals surface area contributed by atoms with Crippen LogP contribution < -0.4 is 5.73 Å². The van der Waals surface area contributed by atoms with E-state index in [0.717, 1.165) is 12.8 Å². The Balaban J connectivity index is 2.04. The van der Waals surface area contributed by atoms with E-state index in [1.165, 1.54) is 0 Å². The largest absolute Gasteiger partial charge is 0.393 e. The SMILES string of the molecule is NC1C2CCC1C1C(=O)OC(=O)C21. The number of carbonyl (C=O) groups excluding carboxylic acids is 2. The number of esters is 2. The highest BCUT2D eigenvalue weighted by Crippen LogP contribution is 2.54. The number of hydrogen-bond acceptors (Lipinski definition) is 4. The summed E-state index contributed by atoms with van der Waals surface area (Å²) in [5, 5.41) is 0. The number of fused-ring (bicyclic) bond motifs is 5. The van der Waals surface area contributed by atoms with E-state index >= 15 is 0 Å².